The minimum Gasteiger partial charge on any atom is -0.399 e. The van der Waals surface area contributed by atoms with Crippen molar-refractivity contribution in [2.75, 3.05) is 49.2 Å². The fourth-order valence-corrected chi connectivity index (χ4v) is 3.12. The zero-order valence-electron chi connectivity index (χ0n) is 14.6. The molecule has 3 N–H and O–H groups in total. The molecular weight excluding hydrogens is 314 g/mol. The van der Waals surface area contributed by atoms with Gasteiger partial charge in [-0.1, -0.05) is 0 Å². The van der Waals surface area contributed by atoms with E-state index in [0.29, 0.717) is 5.95 Å². The lowest BCUT2D eigenvalue weighted by Gasteiger charge is -2.34. The van der Waals surface area contributed by atoms with E-state index in [0.717, 1.165) is 48.8 Å². The molecule has 1 saturated heterocycles. The maximum Gasteiger partial charge on any atom is 0.247 e. The molecule has 0 atom stereocenters. The fourth-order valence-electron chi connectivity index (χ4n) is 3.12. The summed E-state index contributed by atoms with van der Waals surface area (Å²) in [7, 11) is 2.17. The Hall–Kier alpha value is -2.80. The Morgan fingerprint density at radius 3 is 2.52 bits per heavy atom. The number of nitrogens with zero attached hydrogens (tertiary/aromatic N) is 5. The van der Waals surface area contributed by atoms with Gasteiger partial charge < -0.3 is 20.9 Å². The van der Waals surface area contributed by atoms with Crippen LogP contribution < -0.4 is 16.0 Å². The monoisotopic (exact) mass is 337 g/mol. The molecule has 7 nitrogen and oxygen atoms in total. The van der Waals surface area contributed by atoms with E-state index in [4.69, 9.17) is 5.73 Å². The van der Waals surface area contributed by atoms with Gasteiger partial charge in [-0.15, -0.1) is 5.10 Å². The minimum atomic E-state index is 0.586. The number of aromatic nitrogens is 3. The Labute approximate surface area is 147 Å². The van der Waals surface area contributed by atoms with Crippen LogP contribution in [0.4, 0.5) is 23.0 Å². The van der Waals surface area contributed by atoms with Gasteiger partial charge in [0.1, 0.15) is 0 Å². The summed E-state index contributed by atoms with van der Waals surface area (Å²) in [4.78, 5) is 9.37. The summed E-state index contributed by atoms with van der Waals surface area (Å²) in [6.45, 7) is 6.31. The molecule has 1 fully saturated rings. The summed E-state index contributed by atoms with van der Waals surface area (Å²) in [5, 5.41) is 7.82. The Balaban J connectivity index is 1.61. The number of nitrogens with two attached hydrogens (primary N) is 1. The van der Waals surface area contributed by atoms with Crippen molar-refractivity contribution in [3.05, 3.63) is 42.1 Å². The molecule has 2 aromatic heterocycles. The molecule has 3 aromatic rings. The first kappa shape index (κ1) is 15.7. The van der Waals surface area contributed by atoms with Crippen molar-refractivity contribution in [3.8, 4) is 0 Å². The van der Waals surface area contributed by atoms with E-state index in [2.05, 4.69) is 51.4 Å². The number of rotatable bonds is 3. The Morgan fingerprint density at radius 2 is 1.80 bits per heavy atom. The second kappa shape index (κ2) is 6.25. The van der Waals surface area contributed by atoms with E-state index in [9.17, 15) is 0 Å². The quantitative estimate of drug-likeness (QED) is 0.713. The SMILES string of the molecule is Cc1cc(N2CCN(C)CC2)cn2nc(Nc3ccc(N)cc3)nc12. The number of fused-ring (bicyclic) bond motifs is 1. The highest BCUT2D eigenvalue weighted by Crippen LogP contribution is 2.22. The lowest BCUT2D eigenvalue weighted by molar-refractivity contribution is 0.312. The molecule has 7 heteroatoms. The minimum absolute atomic E-state index is 0.586. The van der Waals surface area contributed by atoms with Gasteiger partial charge in [-0.05, 0) is 49.9 Å². The first-order chi connectivity index (χ1) is 12.1. The smallest absolute Gasteiger partial charge is 0.247 e. The molecule has 0 bridgehead atoms. The zero-order chi connectivity index (χ0) is 17.4. The number of nitrogens with one attached hydrogen (secondary N) is 1. The van der Waals surface area contributed by atoms with E-state index >= 15 is 0 Å². The van der Waals surface area contributed by atoms with Gasteiger partial charge in [0.15, 0.2) is 5.65 Å². The molecule has 0 aliphatic carbocycles. The van der Waals surface area contributed by atoms with Gasteiger partial charge in [0.2, 0.25) is 5.95 Å². The maximum absolute atomic E-state index is 5.73. The number of pyridine rings is 1. The van der Waals surface area contributed by atoms with Gasteiger partial charge in [0.05, 0.1) is 11.9 Å². The van der Waals surface area contributed by atoms with Gasteiger partial charge in [-0.3, -0.25) is 0 Å². The number of piperazine rings is 1. The van der Waals surface area contributed by atoms with Gasteiger partial charge in [0.25, 0.3) is 0 Å². The van der Waals surface area contributed by atoms with E-state index < -0.39 is 0 Å². The van der Waals surface area contributed by atoms with Crippen LogP contribution in [0.1, 0.15) is 5.56 Å². The number of benzene rings is 1. The fraction of sp³-hybridized carbons (Fsp3) is 0.333. The van der Waals surface area contributed by atoms with Gasteiger partial charge in [0, 0.05) is 37.6 Å². The van der Waals surface area contributed by atoms with Crippen LogP contribution in [0, 0.1) is 6.92 Å². The summed E-state index contributed by atoms with van der Waals surface area (Å²) in [6.07, 6.45) is 2.06. The summed E-state index contributed by atoms with van der Waals surface area (Å²) in [5.74, 6) is 0.586. The lowest BCUT2D eigenvalue weighted by atomic mass is 10.2. The van der Waals surface area contributed by atoms with Crippen LogP contribution in [0.3, 0.4) is 0 Å². The van der Waals surface area contributed by atoms with Crippen molar-refractivity contribution in [1.29, 1.82) is 0 Å². The van der Waals surface area contributed by atoms with Crippen LogP contribution in [-0.4, -0.2) is 52.7 Å². The highest BCUT2D eigenvalue weighted by molar-refractivity contribution is 5.62. The molecule has 1 aromatic carbocycles. The van der Waals surface area contributed by atoms with E-state index in [1.165, 1.54) is 5.69 Å². The van der Waals surface area contributed by atoms with E-state index in [1.807, 2.05) is 28.8 Å². The maximum atomic E-state index is 5.73. The number of anilines is 4. The van der Waals surface area contributed by atoms with Crippen LogP contribution in [0.5, 0.6) is 0 Å². The Morgan fingerprint density at radius 1 is 1.08 bits per heavy atom. The summed E-state index contributed by atoms with van der Waals surface area (Å²) >= 11 is 0. The molecule has 4 rings (SSSR count). The second-order valence-electron chi connectivity index (χ2n) is 6.62. The van der Waals surface area contributed by atoms with Crippen LogP contribution in [0.15, 0.2) is 36.5 Å². The van der Waals surface area contributed by atoms with Crippen molar-refractivity contribution in [2.45, 2.75) is 6.92 Å². The van der Waals surface area contributed by atoms with E-state index in [1.54, 1.807) is 0 Å². The molecule has 0 amide bonds. The lowest BCUT2D eigenvalue weighted by Crippen LogP contribution is -2.44. The van der Waals surface area contributed by atoms with Crippen LogP contribution in [-0.2, 0) is 0 Å². The number of hydrogen-bond acceptors (Lipinski definition) is 6. The van der Waals surface area contributed by atoms with Crippen molar-refractivity contribution in [1.82, 2.24) is 19.5 Å². The predicted molar refractivity (Wildman–Crippen MR) is 102 cm³/mol. The first-order valence-electron chi connectivity index (χ1n) is 8.51. The van der Waals surface area contributed by atoms with Crippen LogP contribution in [0.2, 0.25) is 0 Å². The van der Waals surface area contributed by atoms with E-state index in [-0.39, 0.29) is 0 Å². The predicted octanol–water partition coefficient (Wildman–Crippen LogP) is 2.12. The van der Waals surface area contributed by atoms with Gasteiger partial charge >= 0.3 is 0 Å². The van der Waals surface area contributed by atoms with Crippen LogP contribution >= 0.6 is 0 Å². The topological polar surface area (TPSA) is 74.7 Å². The van der Waals surface area contributed by atoms with Crippen molar-refractivity contribution in [2.24, 2.45) is 0 Å². The van der Waals surface area contributed by atoms with Crippen LogP contribution in [0.25, 0.3) is 5.65 Å². The van der Waals surface area contributed by atoms with Gasteiger partial charge in [-0.25, -0.2) is 4.52 Å². The Bertz CT molecular complexity index is 876. The molecule has 1 aliphatic rings. The zero-order valence-corrected chi connectivity index (χ0v) is 14.6. The summed E-state index contributed by atoms with van der Waals surface area (Å²) < 4.78 is 1.86. The average molecular weight is 337 g/mol. The first-order valence-corrected chi connectivity index (χ1v) is 8.51. The van der Waals surface area contributed by atoms with Crippen molar-refractivity contribution < 1.29 is 0 Å². The standard InChI is InChI=1S/C18H23N7/c1-13-11-16(24-9-7-23(2)8-10-24)12-25-17(13)21-18(22-25)20-15-5-3-14(19)4-6-15/h3-6,11-12H,7-10,19H2,1-2H3,(H,20,22). The largest absolute Gasteiger partial charge is 0.399 e. The third-order valence-electron chi connectivity index (χ3n) is 4.64. The Kier molecular flexibility index (Phi) is 3.93. The third kappa shape index (κ3) is 3.23. The summed E-state index contributed by atoms with van der Waals surface area (Å²) in [5.41, 5.74) is 10.6. The highest BCUT2D eigenvalue weighted by atomic mass is 15.4. The van der Waals surface area contributed by atoms with Crippen molar-refractivity contribution >= 4 is 28.7 Å². The number of hydrogen-bond donors (Lipinski definition) is 2. The number of likely N-dealkylation sites (N-methyl/N-ethyl adjacent to an activating group) is 1. The normalized spacial score (nSPS) is 15.7. The molecule has 3 heterocycles. The molecule has 0 saturated carbocycles. The third-order valence-corrected chi connectivity index (χ3v) is 4.64. The van der Waals surface area contributed by atoms with Crippen molar-refractivity contribution in [3.63, 3.8) is 0 Å². The molecule has 0 unspecified atom stereocenters. The molecule has 0 spiro atoms. The summed E-state index contributed by atoms with van der Waals surface area (Å²) in [6, 6.07) is 9.75. The average Bonchev–Trinajstić information content (AvgIpc) is 3.01. The molecule has 130 valence electrons. The number of nitrogen functional groups attached to an aromatic ring is 1. The molecule has 25 heavy (non-hydrogen) atoms. The van der Waals surface area contributed by atoms with Gasteiger partial charge in [-0.2, -0.15) is 4.98 Å². The molecular formula is C18H23N7. The second-order valence-corrected chi connectivity index (χ2v) is 6.62. The molecule has 1 aliphatic heterocycles. The highest BCUT2D eigenvalue weighted by Gasteiger charge is 2.16. The number of aryl methyl sites for hydroxylation is 1. The molecule has 0 radical (unpaired) electrons.